The van der Waals surface area contributed by atoms with E-state index < -0.39 is 0 Å². The Kier molecular flexibility index (Phi) is 4.53. The molecule has 2 heterocycles. The van der Waals surface area contributed by atoms with Crippen LogP contribution in [0, 0.1) is 19.3 Å². The molecule has 0 radical (unpaired) electrons. The first-order valence-corrected chi connectivity index (χ1v) is 9.44. The molecule has 0 saturated carbocycles. The molecule has 1 aliphatic rings. The van der Waals surface area contributed by atoms with Crippen molar-refractivity contribution < 1.29 is 4.57 Å². The summed E-state index contributed by atoms with van der Waals surface area (Å²) in [5.41, 5.74) is 10.3. The molecule has 0 aliphatic carbocycles. The number of aryl methyl sites for hydroxylation is 2. The van der Waals surface area contributed by atoms with Crippen LogP contribution in [0.1, 0.15) is 21.6 Å². The number of rotatable bonds is 3. The van der Waals surface area contributed by atoms with Gasteiger partial charge in [-0.2, -0.15) is 0 Å². The van der Waals surface area contributed by atoms with Gasteiger partial charge in [-0.3, -0.25) is 9.97 Å². The van der Waals surface area contributed by atoms with Crippen molar-refractivity contribution >= 4 is 47.2 Å². The zero-order valence-electron chi connectivity index (χ0n) is 12.7. The second-order valence-corrected chi connectivity index (χ2v) is 8.07. The predicted molar refractivity (Wildman–Crippen MR) is 102 cm³/mol. The Balaban J connectivity index is 2.34. The normalized spacial score (nSPS) is 16.8. The molecule has 1 aromatic carbocycles. The van der Waals surface area contributed by atoms with Crippen molar-refractivity contribution in [2.45, 2.75) is 13.8 Å². The number of nitrogens with one attached hydrogen (secondary N) is 1. The number of hydrogen-bond acceptors (Lipinski definition) is 5. The van der Waals surface area contributed by atoms with Crippen LogP contribution in [0.3, 0.4) is 0 Å². The molecule has 0 bridgehead atoms. The van der Waals surface area contributed by atoms with Crippen molar-refractivity contribution in [2.24, 2.45) is 0 Å². The highest BCUT2D eigenvalue weighted by Gasteiger charge is 2.25. The summed E-state index contributed by atoms with van der Waals surface area (Å²) in [6, 6.07) is 10.1. The largest absolute Gasteiger partial charge is 0.391 e. The molecule has 3 rings (SSSR count). The van der Waals surface area contributed by atoms with Crippen molar-refractivity contribution in [2.75, 3.05) is 5.73 Å². The minimum absolute atomic E-state index is 0.0645. The Hall–Kier alpha value is -1.68. The van der Waals surface area contributed by atoms with E-state index in [1.807, 2.05) is 25.1 Å². The second kappa shape index (κ2) is 6.44. The Morgan fingerprint density at radius 2 is 1.96 bits per heavy atom. The average molecular weight is 358 g/mol. The molecule has 2 aromatic rings. The molecule has 3 N–H and O–H groups in total. The third-order valence-electron chi connectivity index (χ3n) is 3.62. The lowest BCUT2D eigenvalue weighted by Crippen LogP contribution is -1.94. The van der Waals surface area contributed by atoms with Crippen molar-refractivity contribution in [3.05, 3.63) is 68.2 Å². The molecule has 0 atom stereocenters. The van der Waals surface area contributed by atoms with Gasteiger partial charge in [-0.1, -0.05) is 36.0 Å². The van der Waals surface area contributed by atoms with E-state index in [1.54, 1.807) is 6.08 Å². The van der Waals surface area contributed by atoms with Crippen LogP contribution in [-0.4, -0.2) is 5.04 Å². The van der Waals surface area contributed by atoms with Crippen LogP contribution >= 0.6 is 31.6 Å². The van der Waals surface area contributed by atoms with Crippen LogP contribution in [0.25, 0.3) is 5.57 Å². The number of thiophene rings is 1. The standard InChI is InChI=1S/C17H15N2OPS2/c1-9-5-3-4-6-11(9)15(16-10(2)7-13(18)22-16)17-12(21-20)8-14(19)23-17/h3-8,19H,18H2,1-2H3/b17-15+,19-14?. The first-order valence-electron chi connectivity index (χ1n) is 6.99. The fourth-order valence-electron chi connectivity index (χ4n) is 2.58. The monoisotopic (exact) mass is 358 g/mol. The highest BCUT2D eigenvalue weighted by molar-refractivity contribution is 8.18. The average Bonchev–Trinajstić information content (AvgIpc) is 3.04. The Morgan fingerprint density at radius 3 is 2.57 bits per heavy atom. The Bertz CT molecular complexity index is 880. The first kappa shape index (κ1) is 16.2. The highest BCUT2D eigenvalue weighted by atomic mass is 32.2. The van der Waals surface area contributed by atoms with E-state index in [4.69, 9.17) is 11.1 Å². The van der Waals surface area contributed by atoms with E-state index in [0.29, 0.717) is 10.4 Å². The molecule has 23 heavy (non-hydrogen) atoms. The lowest BCUT2D eigenvalue weighted by atomic mass is 9.97. The predicted octanol–water partition coefficient (Wildman–Crippen LogP) is 5.61. The summed E-state index contributed by atoms with van der Waals surface area (Å²) >= 11 is 2.88. The van der Waals surface area contributed by atoms with E-state index in [1.165, 1.54) is 23.1 Å². The van der Waals surface area contributed by atoms with Crippen LogP contribution in [0.2, 0.25) is 0 Å². The number of benzene rings is 1. The molecule has 0 fully saturated rings. The molecular weight excluding hydrogens is 343 g/mol. The number of nitrogens with two attached hydrogens (primary N) is 1. The quantitative estimate of drug-likeness (QED) is 0.701. The smallest absolute Gasteiger partial charge is 0.193 e. The topological polar surface area (TPSA) is 66.9 Å². The number of anilines is 1. The number of thioether (sulfide) groups is 1. The van der Waals surface area contributed by atoms with Crippen molar-refractivity contribution in [3.63, 3.8) is 0 Å². The Labute approximate surface area is 145 Å². The van der Waals surface area contributed by atoms with Crippen molar-refractivity contribution in [1.82, 2.24) is 0 Å². The van der Waals surface area contributed by atoms with E-state index in [0.717, 1.165) is 37.0 Å². The van der Waals surface area contributed by atoms with Gasteiger partial charge in [0.1, 0.15) is 0 Å². The second-order valence-electron chi connectivity index (χ2n) is 5.27. The summed E-state index contributed by atoms with van der Waals surface area (Å²) in [5, 5.41) is 9.75. The molecule has 0 amide bonds. The molecule has 0 saturated heterocycles. The van der Waals surface area contributed by atoms with E-state index in [9.17, 15) is 4.57 Å². The number of hydrogen-bond donors (Lipinski definition) is 2. The van der Waals surface area contributed by atoms with Gasteiger partial charge in [0.05, 0.1) is 15.4 Å². The van der Waals surface area contributed by atoms with Crippen LogP contribution in [0.5, 0.6) is 0 Å². The molecule has 1 aliphatic heterocycles. The molecule has 1 aromatic heterocycles. The van der Waals surface area contributed by atoms with Gasteiger partial charge >= 0.3 is 0 Å². The van der Waals surface area contributed by atoms with Crippen molar-refractivity contribution in [3.8, 4) is 0 Å². The molecule has 0 unspecified atom stereocenters. The van der Waals surface area contributed by atoms with Crippen LogP contribution in [0.4, 0.5) is 5.00 Å². The summed E-state index contributed by atoms with van der Waals surface area (Å²) < 4.78 is 11.6. The van der Waals surface area contributed by atoms with E-state index >= 15 is 0 Å². The number of allylic oxidation sites excluding steroid dienone is 1. The van der Waals surface area contributed by atoms with Gasteiger partial charge in [-0.15, -0.1) is 11.3 Å². The summed E-state index contributed by atoms with van der Waals surface area (Å²) in [6.07, 6.45) is 1.67. The summed E-state index contributed by atoms with van der Waals surface area (Å²) in [6.45, 7) is 4.09. The fraction of sp³-hybridized carbons (Fsp3) is 0.118. The minimum Gasteiger partial charge on any atom is -0.391 e. The maximum absolute atomic E-state index is 11.6. The highest BCUT2D eigenvalue weighted by Crippen LogP contribution is 2.48. The molecule has 6 heteroatoms. The van der Waals surface area contributed by atoms with Gasteiger partial charge in [0, 0.05) is 15.4 Å². The van der Waals surface area contributed by atoms with E-state index in [2.05, 4.69) is 19.1 Å². The summed E-state index contributed by atoms with van der Waals surface area (Å²) in [4.78, 5) is 1.95. The van der Waals surface area contributed by atoms with Gasteiger partial charge in [-0.25, -0.2) is 0 Å². The Morgan fingerprint density at radius 1 is 1.22 bits per heavy atom. The third-order valence-corrected chi connectivity index (χ3v) is 6.37. The van der Waals surface area contributed by atoms with Gasteiger partial charge in [-0.05, 0) is 42.7 Å². The van der Waals surface area contributed by atoms with Gasteiger partial charge < -0.3 is 5.73 Å². The van der Waals surface area contributed by atoms with Crippen molar-refractivity contribution in [1.29, 1.82) is 5.41 Å². The fourth-order valence-corrected chi connectivity index (χ4v) is 5.24. The zero-order chi connectivity index (χ0) is 16.6. The van der Waals surface area contributed by atoms with Crippen LogP contribution < -0.4 is 5.73 Å². The summed E-state index contributed by atoms with van der Waals surface area (Å²) in [5.74, 6) is 0. The lowest BCUT2D eigenvalue weighted by molar-refractivity contribution is 0.602. The zero-order valence-corrected chi connectivity index (χ0v) is 15.2. The SMILES string of the molecule is Cc1ccccc1/C(=C1\SC(=N)C=C1P=O)c1sc(N)cc1C. The van der Waals surface area contributed by atoms with Gasteiger partial charge in [0.25, 0.3) is 0 Å². The van der Waals surface area contributed by atoms with Crippen LogP contribution in [-0.2, 0) is 4.57 Å². The van der Waals surface area contributed by atoms with Gasteiger partial charge in [0.2, 0.25) is 0 Å². The van der Waals surface area contributed by atoms with E-state index in [-0.39, 0.29) is 8.46 Å². The minimum atomic E-state index is -0.0645. The van der Waals surface area contributed by atoms with Gasteiger partial charge in [0.15, 0.2) is 8.46 Å². The molecule has 116 valence electrons. The first-order chi connectivity index (χ1) is 11.0. The number of nitrogen functional groups attached to an aromatic ring is 1. The maximum Gasteiger partial charge on any atom is 0.193 e. The molecular formula is C17H15N2OPS2. The third kappa shape index (κ3) is 3.05. The lowest BCUT2D eigenvalue weighted by Gasteiger charge is -2.14. The molecule has 3 nitrogen and oxygen atoms in total. The van der Waals surface area contributed by atoms with Crippen LogP contribution in [0.15, 0.2) is 46.6 Å². The summed E-state index contributed by atoms with van der Waals surface area (Å²) in [7, 11) is -0.0645. The maximum atomic E-state index is 11.6. The molecule has 0 spiro atoms.